The van der Waals surface area contributed by atoms with E-state index in [0.717, 1.165) is 18.2 Å². The van der Waals surface area contributed by atoms with Crippen molar-refractivity contribution < 1.29 is 0 Å². The number of anilines is 2. The summed E-state index contributed by atoms with van der Waals surface area (Å²) in [5.74, 6) is 1.81. The van der Waals surface area contributed by atoms with Crippen LogP contribution in [0, 0.1) is 0 Å². The smallest absolute Gasteiger partial charge is 0.133 e. The Labute approximate surface area is 102 Å². The highest BCUT2D eigenvalue weighted by Gasteiger charge is 2.22. The lowest BCUT2D eigenvalue weighted by Gasteiger charge is -2.27. The molecular formula is C12H21N5. The summed E-state index contributed by atoms with van der Waals surface area (Å²) in [6.45, 7) is 4.77. The SMILES string of the molecule is CN(CC(C)(C)N)c1cc(NC2CC2)ncn1. The van der Waals surface area contributed by atoms with Crippen molar-refractivity contribution in [2.45, 2.75) is 38.3 Å². The van der Waals surface area contributed by atoms with Crippen molar-refractivity contribution in [3.63, 3.8) is 0 Å². The maximum absolute atomic E-state index is 6.00. The first kappa shape index (κ1) is 12.1. The third-order valence-corrected chi connectivity index (χ3v) is 2.62. The molecule has 1 fully saturated rings. The van der Waals surface area contributed by atoms with Crippen LogP contribution in [0.25, 0.3) is 0 Å². The molecule has 1 aliphatic carbocycles. The second kappa shape index (κ2) is 4.49. The van der Waals surface area contributed by atoms with Crippen LogP contribution in [0.15, 0.2) is 12.4 Å². The maximum Gasteiger partial charge on any atom is 0.133 e. The van der Waals surface area contributed by atoms with Crippen LogP contribution < -0.4 is 16.0 Å². The molecule has 0 bridgehead atoms. The van der Waals surface area contributed by atoms with Crippen LogP contribution >= 0.6 is 0 Å². The van der Waals surface area contributed by atoms with Gasteiger partial charge in [-0.15, -0.1) is 0 Å². The minimum Gasteiger partial charge on any atom is -0.367 e. The molecule has 0 amide bonds. The van der Waals surface area contributed by atoms with Gasteiger partial charge in [-0.3, -0.25) is 0 Å². The van der Waals surface area contributed by atoms with E-state index >= 15 is 0 Å². The summed E-state index contributed by atoms with van der Waals surface area (Å²) in [5.41, 5.74) is 5.77. The number of aromatic nitrogens is 2. The molecule has 3 N–H and O–H groups in total. The summed E-state index contributed by atoms with van der Waals surface area (Å²) >= 11 is 0. The standard InChI is InChI=1S/C12H21N5/c1-12(2,13)7-17(3)11-6-10(14-8-15-11)16-9-4-5-9/h6,8-9H,4-5,7,13H2,1-3H3,(H,14,15,16). The van der Waals surface area contributed by atoms with E-state index in [9.17, 15) is 0 Å². The first-order valence-electron chi connectivity index (χ1n) is 6.03. The van der Waals surface area contributed by atoms with Gasteiger partial charge >= 0.3 is 0 Å². The fourth-order valence-corrected chi connectivity index (χ4v) is 1.76. The number of nitrogens with zero attached hydrogens (tertiary/aromatic N) is 3. The summed E-state index contributed by atoms with van der Waals surface area (Å²) in [5, 5.41) is 3.36. The van der Waals surface area contributed by atoms with E-state index in [1.54, 1.807) is 6.33 Å². The number of nitrogens with one attached hydrogen (secondary N) is 1. The molecule has 5 nitrogen and oxygen atoms in total. The van der Waals surface area contributed by atoms with Crippen molar-refractivity contribution >= 4 is 11.6 Å². The van der Waals surface area contributed by atoms with Gasteiger partial charge in [0.1, 0.15) is 18.0 Å². The summed E-state index contributed by atoms with van der Waals surface area (Å²) in [7, 11) is 2.00. The summed E-state index contributed by atoms with van der Waals surface area (Å²) in [6, 6.07) is 2.58. The van der Waals surface area contributed by atoms with Crippen LogP contribution in [-0.2, 0) is 0 Å². The van der Waals surface area contributed by atoms with Crippen LogP contribution in [0.1, 0.15) is 26.7 Å². The highest BCUT2D eigenvalue weighted by atomic mass is 15.2. The molecule has 1 saturated carbocycles. The van der Waals surface area contributed by atoms with Gasteiger partial charge in [0.15, 0.2) is 0 Å². The maximum atomic E-state index is 6.00. The van der Waals surface area contributed by atoms with Crippen molar-refractivity contribution in [3.05, 3.63) is 12.4 Å². The molecule has 5 heteroatoms. The molecule has 0 aromatic carbocycles. The molecule has 0 atom stereocenters. The van der Waals surface area contributed by atoms with E-state index < -0.39 is 0 Å². The van der Waals surface area contributed by atoms with E-state index in [2.05, 4.69) is 20.2 Å². The van der Waals surface area contributed by atoms with E-state index in [-0.39, 0.29) is 5.54 Å². The Kier molecular flexibility index (Phi) is 3.19. The first-order chi connectivity index (χ1) is 7.94. The van der Waals surface area contributed by atoms with Crippen LogP contribution in [0.4, 0.5) is 11.6 Å². The van der Waals surface area contributed by atoms with Gasteiger partial charge in [0.25, 0.3) is 0 Å². The van der Waals surface area contributed by atoms with Gasteiger partial charge < -0.3 is 16.0 Å². The number of hydrogen-bond acceptors (Lipinski definition) is 5. The summed E-state index contributed by atoms with van der Waals surface area (Å²) < 4.78 is 0. The predicted octanol–water partition coefficient (Wildman–Crippen LogP) is 1.22. The van der Waals surface area contributed by atoms with Gasteiger partial charge in [-0.25, -0.2) is 9.97 Å². The van der Waals surface area contributed by atoms with Gasteiger partial charge in [-0.2, -0.15) is 0 Å². The monoisotopic (exact) mass is 235 g/mol. The zero-order valence-corrected chi connectivity index (χ0v) is 10.8. The topological polar surface area (TPSA) is 67.1 Å². The molecule has 0 unspecified atom stereocenters. The van der Waals surface area contributed by atoms with Gasteiger partial charge in [0, 0.05) is 31.2 Å². The Hall–Kier alpha value is -1.36. The third-order valence-electron chi connectivity index (χ3n) is 2.62. The Morgan fingerprint density at radius 1 is 1.47 bits per heavy atom. The van der Waals surface area contributed by atoms with Crippen LogP contribution in [-0.4, -0.2) is 35.1 Å². The zero-order chi connectivity index (χ0) is 12.5. The molecule has 0 saturated heterocycles. The fraction of sp³-hybridized carbons (Fsp3) is 0.667. The molecular weight excluding hydrogens is 214 g/mol. The van der Waals surface area contributed by atoms with Gasteiger partial charge in [-0.05, 0) is 26.7 Å². The van der Waals surface area contributed by atoms with Crippen molar-refractivity contribution in [1.82, 2.24) is 9.97 Å². The lowest BCUT2D eigenvalue weighted by Crippen LogP contribution is -2.44. The third kappa shape index (κ3) is 3.85. The van der Waals surface area contributed by atoms with E-state index in [0.29, 0.717) is 6.04 Å². The van der Waals surface area contributed by atoms with Crippen molar-refractivity contribution in [2.75, 3.05) is 23.8 Å². The highest BCUT2D eigenvalue weighted by molar-refractivity contribution is 5.49. The molecule has 0 aliphatic heterocycles. The second-order valence-electron chi connectivity index (χ2n) is 5.52. The predicted molar refractivity (Wildman–Crippen MR) is 70.2 cm³/mol. The van der Waals surface area contributed by atoms with Crippen molar-refractivity contribution in [2.24, 2.45) is 5.73 Å². The number of hydrogen-bond donors (Lipinski definition) is 2. The quantitative estimate of drug-likeness (QED) is 0.803. The molecule has 1 aromatic rings. The normalized spacial score (nSPS) is 15.8. The fourth-order valence-electron chi connectivity index (χ4n) is 1.76. The lowest BCUT2D eigenvalue weighted by molar-refractivity contribution is 0.517. The summed E-state index contributed by atoms with van der Waals surface area (Å²) in [6.07, 6.45) is 4.08. The highest BCUT2D eigenvalue weighted by Crippen LogP contribution is 2.24. The van der Waals surface area contributed by atoms with Crippen molar-refractivity contribution in [1.29, 1.82) is 0 Å². The molecule has 1 aliphatic rings. The van der Waals surface area contributed by atoms with Crippen LogP contribution in [0.2, 0.25) is 0 Å². The zero-order valence-electron chi connectivity index (χ0n) is 10.8. The Bertz CT molecular complexity index is 381. The molecule has 94 valence electrons. The number of rotatable bonds is 5. The Morgan fingerprint density at radius 2 is 2.18 bits per heavy atom. The second-order valence-corrected chi connectivity index (χ2v) is 5.52. The molecule has 17 heavy (non-hydrogen) atoms. The Balaban J connectivity index is 2.03. The Morgan fingerprint density at radius 3 is 2.76 bits per heavy atom. The average molecular weight is 235 g/mol. The largest absolute Gasteiger partial charge is 0.367 e. The van der Waals surface area contributed by atoms with E-state index in [1.807, 2.05) is 27.0 Å². The van der Waals surface area contributed by atoms with Gasteiger partial charge in [0.05, 0.1) is 0 Å². The minimum absolute atomic E-state index is 0.232. The average Bonchev–Trinajstić information content (AvgIpc) is 2.99. The van der Waals surface area contributed by atoms with Gasteiger partial charge in [-0.1, -0.05) is 0 Å². The molecule has 0 radical (unpaired) electrons. The van der Waals surface area contributed by atoms with E-state index in [4.69, 9.17) is 5.73 Å². The van der Waals surface area contributed by atoms with E-state index in [1.165, 1.54) is 12.8 Å². The molecule has 1 aromatic heterocycles. The lowest BCUT2D eigenvalue weighted by atomic mass is 10.1. The number of likely N-dealkylation sites (N-methyl/N-ethyl adjacent to an activating group) is 1. The molecule has 0 spiro atoms. The first-order valence-corrected chi connectivity index (χ1v) is 6.03. The number of nitrogens with two attached hydrogens (primary N) is 1. The summed E-state index contributed by atoms with van der Waals surface area (Å²) in [4.78, 5) is 10.5. The van der Waals surface area contributed by atoms with Crippen LogP contribution in [0.3, 0.4) is 0 Å². The molecule has 2 rings (SSSR count). The molecule has 1 heterocycles. The van der Waals surface area contributed by atoms with Gasteiger partial charge in [0.2, 0.25) is 0 Å². The van der Waals surface area contributed by atoms with Crippen molar-refractivity contribution in [3.8, 4) is 0 Å². The minimum atomic E-state index is -0.232. The van der Waals surface area contributed by atoms with Crippen LogP contribution in [0.5, 0.6) is 0 Å².